The molecule has 1 aromatic heterocycles. The summed E-state index contributed by atoms with van der Waals surface area (Å²) in [6.07, 6.45) is 0. The Morgan fingerprint density at radius 2 is 1.81 bits per heavy atom. The van der Waals surface area contributed by atoms with E-state index < -0.39 is 17.3 Å². The number of rotatable bonds is 8. The average molecular weight is 449 g/mol. The first-order valence-corrected chi connectivity index (χ1v) is 11.3. The van der Waals surface area contributed by atoms with Gasteiger partial charge < -0.3 is 18.6 Å². The number of carbonyl (C=O) groups excluding carboxylic acids is 1. The molecule has 0 bridgehead atoms. The Labute approximate surface area is 190 Å². The molecular weight excluding hydrogens is 424 g/mol. The zero-order valence-corrected chi connectivity index (χ0v) is 18.7. The zero-order chi connectivity index (χ0) is 22.5. The molecule has 0 aliphatic heterocycles. The Morgan fingerprint density at radius 3 is 2.59 bits per heavy atom. The highest BCUT2D eigenvalue weighted by atomic mass is 32.2. The van der Waals surface area contributed by atoms with Crippen LogP contribution in [0.15, 0.2) is 88.2 Å². The number of benzene rings is 3. The van der Waals surface area contributed by atoms with Gasteiger partial charge in [-0.25, -0.2) is 0 Å². The van der Waals surface area contributed by atoms with Gasteiger partial charge >= 0.3 is 5.91 Å². The van der Waals surface area contributed by atoms with Crippen LogP contribution in [0.4, 0.5) is 5.69 Å². The Morgan fingerprint density at radius 1 is 1.06 bits per heavy atom. The van der Waals surface area contributed by atoms with Gasteiger partial charge in [0.15, 0.2) is 10.7 Å². The van der Waals surface area contributed by atoms with Crippen LogP contribution in [0.2, 0.25) is 0 Å². The second-order valence-corrected chi connectivity index (χ2v) is 8.49. The highest BCUT2D eigenvalue weighted by Gasteiger charge is 2.23. The highest BCUT2D eigenvalue weighted by Crippen LogP contribution is 2.28. The number of anilines is 1. The lowest BCUT2D eigenvalue weighted by atomic mass is 10.1. The van der Waals surface area contributed by atoms with Crippen LogP contribution in [-0.2, 0) is 16.1 Å². The summed E-state index contributed by atoms with van der Waals surface area (Å²) < 4.78 is 26.5. The van der Waals surface area contributed by atoms with Gasteiger partial charge in [-0.05, 0) is 35.9 Å². The molecule has 6 nitrogen and oxygen atoms in total. The molecule has 1 heterocycles. The fourth-order valence-corrected chi connectivity index (χ4v) is 4.37. The van der Waals surface area contributed by atoms with Crippen LogP contribution in [0, 0.1) is 0 Å². The smallest absolute Gasteiger partial charge is 0.328 e. The van der Waals surface area contributed by atoms with E-state index in [4.69, 9.17) is 9.15 Å². The number of hydrogen-bond acceptors (Lipinski definition) is 5. The second-order valence-electron chi connectivity index (χ2n) is 7.31. The largest absolute Gasteiger partial charge is 0.588 e. The van der Waals surface area contributed by atoms with Crippen molar-refractivity contribution in [2.45, 2.75) is 4.90 Å². The number of amides is 1. The zero-order valence-electron chi connectivity index (χ0n) is 17.9. The third-order valence-corrected chi connectivity index (χ3v) is 6.28. The Balaban J connectivity index is 1.53. The monoisotopic (exact) mass is 448 g/mol. The summed E-state index contributed by atoms with van der Waals surface area (Å²) in [5, 5.41) is 0.800. The van der Waals surface area contributed by atoms with Gasteiger partial charge in [0.1, 0.15) is 16.9 Å². The summed E-state index contributed by atoms with van der Waals surface area (Å²) in [4.78, 5) is 15.4. The number of nitrogens with zero attached hydrogens (tertiary/aromatic N) is 1. The lowest BCUT2D eigenvalue weighted by Crippen LogP contribution is -2.30. The average Bonchev–Trinajstić information content (AvgIpc) is 3.26. The van der Waals surface area contributed by atoms with Crippen molar-refractivity contribution < 1.29 is 18.5 Å². The molecule has 0 spiro atoms. The van der Waals surface area contributed by atoms with Gasteiger partial charge in [0.25, 0.3) is 0 Å². The van der Waals surface area contributed by atoms with Crippen LogP contribution in [-0.4, -0.2) is 37.8 Å². The van der Waals surface area contributed by atoms with E-state index >= 15 is 0 Å². The van der Waals surface area contributed by atoms with E-state index in [1.165, 1.54) is 0 Å². The summed E-state index contributed by atoms with van der Waals surface area (Å²) in [6.45, 7) is 1.34. The SMILES string of the molecule is COCCN(C)c1ccc2cc(C(=O)N[S+]([O-])c3ccccc3-c3ccccc3)oc2c1. The standard InChI is InChI=1S/C25H24N2O4S/c1-27(14-15-30-2)20-13-12-19-16-23(31-22(19)17-20)25(28)26-32(29)24-11-7-6-10-21(24)18-8-4-3-5-9-18/h3-13,16-17H,14-15H2,1-2H3,(H,26,28). The minimum Gasteiger partial charge on any atom is -0.588 e. The summed E-state index contributed by atoms with van der Waals surface area (Å²) in [5.74, 6) is -0.418. The fourth-order valence-electron chi connectivity index (χ4n) is 3.40. The quantitative estimate of drug-likeness (QED) is 0.398. The number of methoxy groups -OCH3 is 1. The molecule has 164 valence electrons. The molecule has 7 heteroatoms. The van der Waals surface area contributed by atoms with Crippen LogP contribution in [0.25, 0.3) is 22.1 Å². The van der Waals surface area contributed by atoms with Gasteiger partial charge in [0, 0.05) is 43.4 Å². The lowest BCUT2D eigenvalue weighted by molar-refractivity contribution is 0.0956. The van der Waals surface area contributed by atoms with E-state index in [-0.39, 0.29) is 5.76 Å². The third kappa shape index (κ3) is 4.80. The molecule has 1 atom stereocenters. The van der Waals surface area contributed by atoms with E-state index in [0.717, 1.165) is 28.7 Å². The van der Waals surface area contributed by atoms with E-state index in [1.807, 2.05) is 72.6 Å². The third-order valence-electron chi connectivity index (χ3n) is 5.16. The van der Waals surface area contributed by atoms with E-state index in [2.05, 4.69) is 4.72 Å². The highest BCUT2D eigenvalue weighted by molar-refractivity contribution is 7.90. The first-order chi connectivity index (χ1) is 15.6. The van der Waals surface area contributed by atoms with Crippen molar-refractivity contribution in [3.63, 3.8) is 0 Å². The van der Waals surface area contributed by atoms with Gasteiger partial charge in [-0.2, -0.15) is 4.72 Å². The van der Waals surface area contributed by atoms with Crippen LogP contribution in [0.1, 0.15) is 10.6 Å². The Bertz CT molecular complexity index is 1210. The van der Waals surface area contributed by atoms with Crippen LogP contribution < -0.4 is 9.62 Å². The van der Waals surface area contributed by atoms with Crippen molar-refractivity contribution >= 4 is 33.9 Å². The predicted molar refractivity (Wildman–Crippen MR) is 127 cm³/mol. The minimum absolute atomic E-state index is 0.113. The van der Waals surface area contributed by atoms with Crippen LogP contribution >= 0.6 is 0 Å². The normalized spacial score (nSPS) is 12.0. The number of hydrogen-bond donors (Lipinski definition) is 1. The number of likely N-dealkylation sites (N-methyl/N-ethyl adjacent to an activating group) is 1. The summed E-state index contributed by atoms with van der Waals surface area (Å²) in [5.41, 5.74) is 3.28. The number of carbonyl (C=O) groups is 1. The molecule has 1 amide bonds. The Hall–Kier alpha value is -3.26. The maximum Gasteiger partial charge on any atom is 0.328 e. The predicted octanol–water partition coefficient (Wildman–Crippen LogP) is 4.64. The summed E-state index contributed by atoms with van der Waals surface area (Å²) in [6, 6.07) is 24.4. The maximum atomic E-state index is 13.0. The molecule has 0 saturated heterocycles. The molecular formula is C25H24N2O4S. The molecule has 1 N–H and O–H groups in total. The first-order valence-electron chi connectivity index (χ1n) is 10.2. The molecule has 32 heavy (non-hydrogen) atoms. The van der Waals surface area contributed by atoms with Crippen molar-refractivity contribution in [1.29, 1.82) is 0 Å². The van der Waals surface area contributed by atoms with E-state index in [9.17, 15) is 9.35 Å². The van der Waals surface area contributed by atoms with E-state index in [0.29, 0.717) is 17.1 Å². The lowest BCUT2D eigenvalue weighted by Gasteiger charge is -2.18. The summed E-state index contributed by atoms with van der Waals surface area (Å²) >= 11 is -1.74. The summed E-state index contributed by atoms with van der Waals surface area (Å²) in [7, 11) is 3.63. The van der Waals surface area contributed by atoms with Crippen molar-refractivity contribution in [2.75, 3.05) is 32.2 Å². The van der Waals surface area contributed by atoms with Crippen LogP contribution in [0.3, 0.4) is 0 Å². The first kappa shape index (κ1) is 22.0. The topological polar surface area (TPSA) is 77.8 Å². The van der Waals surface area contributed by atoms with Crippen molar-refractivity contribution in [2.24, 2.45) is 0 Å². The Kier molecular flexibility index (Phi) is 6.80. The molecule has 0 aliphatic carbocycles. The van der Waals surface area contributed by atoms with Crippen molar-refractivity contribution in [1.82, 2.24) is 4.72 Å². The molecule has 3 aromatic carbocycles. The van der Waals surface area contributed by atoms with Gasteiger partial charge in [-0.15, -0.1) is 0 Å². The maximum absolute atomic E-state index is 13.0. The number of fused-ring (bicyclic) bond motifs is 1. The molecule has 0 aliphatic rings. The molecule has 4 rings (SSSR count). The fraction of sp³-hybridized carbons (Fsp3) is 0.160. The molecule has 1 unspecified atom stereocenters. The van der Waals surface area contributed by atoms with Gasteiger partial charge in [-0.3, -0.25) is 4.79 Å². The van der Waals surface area contributed by atoms with Crippen LogP contribution in [0.5, 0.6) is 0 Å². The van der Waals surface area contributed by atoms with Gasteiger partial charge in [0.05, 0.1) is 6.61 Å². The van der Waals surface area contributed by atoms with E-state index in [1.54, 1.807) is 25.3 Å². The minimum atomic E-state index is -1.74. The van der Waals surface area contributed by atoms with Crippen molar-refractivity contribution in [3.05, 3.63) is 84.6 Å². The number of ether oxygens (including phenoxy) is 1. The van der Waals surface area contributed by atoms with Gasteiger partial charge in [0.2, 0.25) is 0 Å². The molecule has 4 aromatic rings. The molecule has 0 fully saturated rings. The van der Waals surface area contributed by atoms with Gasteiger partial charge in [-0.1, -0.05) is 42.5 Å². The van der Waals surface area contributed by atoms with Crippen molar-refractivity contribution in [3.8, 4) is 11.1 Å². The molecule has 0 radical (unpaired) electrons. The number of nitrogens with one attached hydrogen (secondary N) is 1. The second kappa shape index (κ2) is 9.91. The number of furan rings is 1. The molecule has 0 saturated carbocycles.